The van der Waals surface area contributed by atoms with Gasteiger partial charge in [0, 0.05) is 29.6 Å². The second kappa shape index (κ2) is 6.16. The Morgan fingerprint density at radius 2 is 2.22 bits per heavy atom. The lowest BCUT2D eigenvalue weighted by Crippen LogP contribution is -2.27. The maximum atomic E-state index is 13.5. The SMILES string of the molecule is Cc1cc(=O)n2c(n1)SCC2CC(=O)Nc1ccc(C)c(F)c1. The summed E-state index contributed by atoms with van der Waals surface area (Å²) in [5, 5.41) is 3.32. The third-order valence-electron chi connectivity index (χ3n) is 3.69. The summed E-state index contributed by atoms with van der Waals surface area (Å²) in [6.45, 7) is 3.43. The van der Waals surface area contributed by atoms with E-state index in [4.69, 9.17) is 0 Å². The summed E-state index contributed by atoms with van der Waals surface area (Å²) in [5.41, 5.74) is 1.47. The molecule has 2 aromatic rings. The molecule has 0 spiro atoms. The van der Waals surface area contributed by atoms with Gasteiger partial charge in [-0.3, -0.25) is 14.2 Å². The predicted octanol–water partition coefficient (Wildman–Crippen LogP) is 2.67. The topological polar surface area (TPSA) is 64.0 Å². The van der Waals surface area contributed by atoms with Crippen molar-refractivity contribution in [2.24, 2.45) is 0 Å². The summed E-state index contributed by atoms with van der Waals surface area (Å²) in [6.07, 6.45) is 0.153. The van der Waals surface area contributed by atoms with Gasteiger partial charge in [0.2, 0.25) is 5.91 Å². The molecule has 1 aliphatic rings. The Balaban J connectivity index is 1.73. The van der Waals surface area contributed by atoms with Crippen molar-refractivity contribution in [3.8, 4) is 0 Å². The second-order valence-corrected chi connectivity index (χ2v) is 6.56. The van der Waals surface area contributed by atoms with E-state index in [0.717, 1.165) is 0 Å². The fourth-order valence-electron chi connectivity index (χ4n) is 2.51. The number of halogens is 1. The van der Waals surface area contributed by atoms with Gasteiger partial charge in [-0.15, -0.1) is 0 Å². The van der Waals surface area contributed by atoms with E-state index in [1.165, 1.54) is 23.9 Å². The van der Waals surface area contributed by atoms with Crippen LogP contribution in [-0.4, -0.2) is 21.2 Å². The number of nitrogens with one attached hydrogen (secondary N) is 1. The summed E-state index contributed by atoms with van der Waals surface area (Å²) < 4.78 is 15.1. The van der Waals surface area contributed by atoms with Crippen LogP contribution >= 0.6 is 11.8 Å². The van der Waals surface area contributed by atoms with E-state index in [9.17, 15) is 14.0 Å². The standard InChI is InChI=1S/C16H16FN3O2S/c1-9-3-4-11(6-13(9)17)19-14(21)7-12-8-23-16-18-10(2)5-15(22)20(12)16/h3-6,12H,7-8H2,1-2H3,(H,19,21). The van der Waals surface area contributed by atoms with E-state index in [2.05, 4.69) is 10.3 Å². The first-order chi connectivity index (χ1) is 10.9. The van der Waals surface area contributed by atoms with Crippen LogP contribution < -0.4 is 10.9 Å². The molecule has 7 heteroatoms. The number of fused-ring (bicyclic) bond motifs is 1. The minimum Gasteiger partial charge on any atom is -0.326 e. The molecule has 1 aromatic carbocycles. The van der Waals surface area contributed by atoms with Crippen LogP contribution in [0.2, 0.25) is 0 Å². The summed E-state index contributed by atoms with van der Waals surface area (Å²) in [6, 6.07) is 5.80. The molecule has 0 aliphatic carbocycles. The third-order valence-corrected chi connectivity index (χ3v) is 4.79. The smallest absolute Gasteiger partial charge is 0.254 e. The van der Waals surface area contributed by atoms with Crippen molar-refractivity contribution in [1.82, 2.24) is 9.55 Å². The molecule has 0 saturated heterocycles. The fourth-order valence-corrected chi connectivity index (χ4v) is 3.70. The highest BCUT2D eigenvalue weighted by atomic mass is 32.2. The molecule has 1 N–H and O–H groups in total. The zero-order chi connectivity index (χ0) is 16.6. The molecule has 0 radical (unpaired) electrons. The van der Waals surface area contributed by atoms with Crippen molar-refractivity contribution >= 4 is 23.4 Å². The van der Waals surface area contributed by atoms with Crippen LogP contribution in [0.25, 0.3) is 0 Å². The molecule has 2 heterocycles. The average molecular weight is 333 g/mol. The number of hydrogen-bond acceptors (Lipinski definition) is 4. The van der Waals surface area contributed by atoms with E-state index >= 15 is 0 Å². The summed E-state index contributed by atoms with van der Waals surface area (Å²) in [4.78, 5) is 28.6. The predicted molar refractivity (Wildman–Crippen MR) is 87.4 cm³/mol. The van der Waals surface area contributed by atoms with Gasteiger partial charge >= 0.3 is 0 Å². The van der Waals surface area contributed by atoms with Crippen molar-refractivity contribution in [1.29, 1.82) is 0 Å². The van der Waals surface area contributed by atoms with Gasteiger partial charge in [0.1, 0.15) is 5.82 Å². The fraction of sp³-hybridized carbons (Fsp3) is 0.312. The monoisotopic (exact) mass is 333 g/mol. The van der Waals surface area contributed by atoms with Gasteiger partial charge < -0.3 is 5.32 Å². The Kier molecular flexibility index (Phi) is 4.21. The lowest BCUT2D eigenvalue weighted by atomic mass is 10.2. The highest BCUT2D eigenvalue weighted by Crippen LogP contribution is 2.32. The summed E-state index contributed by atoms with van der Waals surface area (Å²) in [7, 11) is 0. The minimum absolute atomic E-state index is 0.142. The van der Waals surface area contributed by atoms with Crippen molar-refractivity contribution < 1.29 is 9.18 Å². The molecule has 1 amide bonds. The number of nitrogens with zero attached hydrogens (tertiary/aromatic N) is 2. The van der Waals surface area contributed by atoms with Crippen LogP contribution in [0.4, 0.5) is 10.1 Å². The molecular formula is C16H16FN3O2S. The molecule has 0 fully saturated rings. The lowest BCUT2D eigenvalue weighted by Gasteiger charge is -2.13. The molecule has 1 aliphatic heterocycles. The Morgan fingerprint density at radius 1 is 1.43 bits per heavy atom. The Bertz CT molecular complexity index is 835. The van der Waals surface area contributed by atoms with E-state index in [1.807, 2.05) is 0 Å². The van der Waals surface area contributed by atoms with Crippen molar-refractivity contribution in [2.75, 3.05) is 11.1 Å². The molecule has 1 unspecified atom stereocenters. The number of thioether (sulfide) groups is 1. The highest BCUT2D eigenvalue weighted by molar-refractivity contribution is 7.99. The van der Waals surface area contributed by atoms with Crippen LogP contribution in [0.3, 0.4) is 0 Å². The van der Waals surface area contributed by atoms with E-state index < -0.39 is 0 Å². The molecule has 0 saturated carbocycles. The molecule has 1 aromatic heterocycles. The Hall–Kier alpha value is -2.15. The first-order valence-electron chi connectivity index (χ1n) is 7.23. The quantitative estimate of drug-likeness (QED) is 0.877. The summed E-state index contributed by atoms with van der Waals surface area (Å²) >= 11 is 1.47. The van der Waals surface area contributed by atoms with E-state index in [1.54, 1.807) is 30.5 Å². The number of anilines is 1. The molecular weight excluding hydrogens is 317 g/mol. The number of carbonyl (C=O) groups is 1. The molecule has 3 rings (SSSR count). The number of aromatic nitrogens is 2. The third kappa shape index (κ3) is 3.29. The van der Waals surface area contributed by atoms with Crippen LogP contribution in [-0.2, 0) is 4.79 Å². The van der Waals surface area contributed by atoms with Crippen molar-refractivity contribution in [2.45, 2.75) is 31.5 Å². The lowest BCUT2D eigenvalue weighted by molar-refractivity contribution is -0.116. The molecule has 120 valence electrons. The van der Waals surface area contributed by atoms with Gasteiger partial charge in [-0.25, -0.2) is 9.37 Å². The zero-order valence-corrected chi connectivity index (χ0v) is 13.6. The number of benzene rings is 1. The molecule has 0 bridgehead atoms. The zero-order valence-electron chi connectivity index (χ0n) is 12.8. The Morgan fingerprint density at radius 3 is 2.96 bits per heavy atom. The maximum Gasteiger partial charge on any atom is 0.254 e. The number of carbonyl (C=O) groups excluding carboxylic acids is 1. The number of aryl methyl sites for hydroxylation is 2. The molecule has 23 heavy (non-hydrogen) atoms. The van der Waals surface area contributed by atoms with Gasteiger partial charge in [0.05, 0.1) is 6.04 Å². The first kappa shape index (κ1) is 15.7. The number of amides is 1. The number of hydrogen-bond donors (Lipinski definition) is 1. The molecule has 5 nitrogen and oxygen atoms in total. The largest absolute Gasteiger partial charge is 0.326 e. The van der Waals surface area contributed by atoms with E-state index in [0.29, 0.717) is 27.9 Å². The number of rotatable bonds is 3. The maximum absolute atomic E-state index is 13.5. The summed E-state index contributed by atoms with van der Waals surface area (Å²) in [5.74, 6) is 0.0149. The first-order valence-corrected chi connectivity index (χ1v) is 8.21. The van der Waals surface area contributed by atoms with Crippen LogP contribution in [0.1, 0.15) is 23.7 Å². The minimum atomic E-state index is -0.361. The van der Waals surface area contributed by atoms with Gasteiger partial charge in [0.25, 0.3) is 5.56 Å². The van der Waals surface area contributed by atoms with Gasteiger partial charge in [-0.1, -0.05) is 17.8 Å². The average Bonchev–Trinajstić information content (AvgIpc) is 2.85. The van der Waals surface area contributed by atoms with Gasteiger partial charge in [-0.2, -0.15) is 0 Å². The van der Waals surface area contributed by atoms with E-state index in [-0.39, 0.29) is 29.7 Å². The van der Waals surface area contributed by atoms with Gasteiger partial charge in [-0.05, 0) is 31.5 Å². The normalized spacial score (nSPS) is 16.2. The van der Waals surface area contributed by atoms with Crippen LogP contribution in [0.5, 0.6) is 0 Å². The second-order valence-electron chi connectivity index (χ2n) is 5.57. The van der Waals surface area contributed by atoms with Crippen molar-refractivity contribution in [3.05, 3.63) is 51.7 Å². The van der Waals surface area contributed by atoms with Crippen LogP contribution in [0, 0.1) is 19.7 Å². The van der Waals surface area contributed by atoms with Gasteiger partial charge in [0.15, 0.2) is 5.16 Å². The highest BCUT2D eigenvalue weighted by Gasteiger charge is 2.27. The van der Waals surface area contributed by atoms with Crippen LogP contribution in [0.15, 0.2) is 34.2 Å². The molecule has 1 atom stereocenters. The van der Waals surface area contributed by atoms with Crippen molar-refractivity contribution in [3.63, 3.8) is 0 Å². The Labute approximate surface area is 136 Å².